The highest BCUT2D eigenvalue weighted by Crippen LogP contribution is 2.29. The normalized spacial score (nSPS) is 10.7. The van der Waals surface area contributed by atoms with Crippen LogP contribution >= 0.6 is 27.7 Å². The van der Waals surface area contributed by atoms with Crippen molar-refractivity contribution in [1.29, 1.82) is 0 Å². The fourth-order valence-corrected chi connectivity index (χ4v) is 3.62. The summed E-state index contributed by atoms with van der Waals surface area (Å²) in [6, 6.07) is 15.4. The van der Waals surface area contributed by atoms with Crippen molar-refractivity contribution < 1.29 is 13.9 Å². The molecular formula is C20H20BrN3O3S. The lowest BCUT2D eigenvalue weighted by Gasteiger charge is -2.17. The minimum Gasteiger partial charge on any atom is -0.494 e. The van der Waals surface area contributed by atoms with Crippen LogP contribution in [-0.2, 0) is 11.3 Å². The van der Waals surface area contributed by atoms with Crippen molar-refractivity contribution in [1.82, 2.24) is 15.1 Å². The van der Waals surface area contributed by atoms with Gasteiger partial charge in [0.25, 0.3) is 5.22 Å². The molecular weight excluding hydrogens is 442 g/mol. The van der Waals surface area contributed by atoms with Crippen LogP contribution in [0.15, 0.2) is 62.6 Å². The summed E-state index contributed by atoms with van der Waals surface area (Å²) in [5.74, 6) is 1.46. The first-order valence-corrected chi connectivity index (χ1v) is 10.5. The highest BCUT2D eigenvalue weighted by Gasteiger charge is 2.15. The number of hydrogen-bond acceptors (Lipinski definition) is 6. The van der Waals surface area contributed by atoms with E-state index in [0.717, 1.165) is 21.3 Å². The molecule has 0 fully saturated rings. The molecule has 3 aromatic rings. The highest BCUT2D eigenvalue weighted by atomic mass is 79.9. The van der Waals surface area contributed by atoms with Crippen LogP contribution < -0.4 is 4.74 Å². The summed E-state index contributed by atoms with van der Waals surface area (Å²) < 4.78 is 12.0. The molecule has 0 bridgehead atoms. The number of nitrogens with zero attached hydrogens (tertiary/aromatic N) is 3. The average molecular weight is 462 g/mol. The molecule has 1 heterocycles. The molecule has 8 heteroatoms. The Kier molecular flexibility index (Phi) is 7.11. The molecule has 0 atom stereocenters. The summed E-state index contributed by atoms with van der Waals surface area (Å²) in [5.41, 5.74) is 1.86. The van der Waals surface area contributed by atoms with Gasteiger partial charge in [0.05, 0.1) is 17.9 Å². The van der Waals surface area contributed by atoms with E-state index in [1.807, 2.05) is 55.5 Å². The largest absolute Gasteiger partial charge is 0.494 e. The Balaban J connectivity index is 1.53. The summed E-state index contributed by atoms with van der Waals surface area (Å²) in [7, 11) is 1.78. The maximum absolute atomic E-state index is 12.4. The Bertz CT molecular complexity index is 930. The second-order valence-corrected chi connectivity index (χ2v) is 7.75. The number of thioether (sulfide) groups is 1. The van der Waals surface area contributed by atoms with Gasteiger partial charge in [-0.15, -0.1) is 10.2 Å². The number of hydrogen-bond donors (Lipinski definition) is 0. The van der Waals surface area contributed by atoms with Crippen LogP contribution in [0.25, 0.3) is 11.5 Å². The van der Waals surface area contributed by atoms with E-state index in [9.17, 15) is 4.79 Å². The fraction of sp³-hybridized carbons (Fsp3) is 0.250. The van der Waals surface area contributed by atoms with Gasteiger partial charge in [0.15, 0.2) is 0 Å². The third-order valence-corrected chi connectivity index (χ3v) is 5.40. The molecule has 0 spiro atoms. The lowest BCUT2D eigenvalue weighted by molar-refractivity contribution is -0.127. The van der Waals surface area contributed by atoms with Crippen molar-refractivity contribution in [3.8, 4) is 17.2 Å². The molecule has 28 heavy (non-hydrogen) atoms. The Hall–Kier alpha value is -2.32. The number of ether oxygens (including phenoxy) is 1. The summed E-state index contributed by atoms with van der Waals surface area (Å²) >= 11 is 4.70. The van der Waals surface area contributed by atoms with Gasteiger partial charge in [0.2, 0.25) is 11.8 Å². The SMILES string of the molecule is CCOc1ccc(CN(C)C(=O)CSc2nnc(-c3ccccc3Br)o2)cc1. The molecule has 0 aliphatic heterocycles. The summed E-state index contributed by atoms with van der Waals surface area (Å²) in [6.07, 6.45) is 0. The Morgan fingerprint density at radius 1 is 1.18 bits per heavy atom. The number of halogens is 1. The van der Waals surface area contributed by atoms with Crippen LogP contribution in [0.1, 0.15) is 12.5 Å². The molecule has 3 rings (SSSR count). The zero-order valence-corrected chi connectivity index (χ0v) is 18.0. The summed E-state index contributed by atoms with van der Waals surface area (Å²) in [5, 5.41) is 8.44. The zero-order valence-electron chi connectivity index (χ0n) is 15.6. The predicted octanol–water partition coefficient (Wildman–Crippen LogP) is 4.65. The standard InChI is InChI=1S/C20H20BrN3O3S/c1-3-26-15-10-8-14(9-11-15)12-24(2)18(25)13-28-20-23-22-19(27-20)16-6-4-5-7-17(16)21/h4-11H,3,12-13H2,1-2H3. The molecule has 0 saturated heterocycles. The predicted molar refractivity (Wildman–Crippen MR) is 112 cm³/mol. The quantitative estimate of drug-likeness (QED) is 0.454. The van der Waals surface area contributed by atoms with E-state index in [1.165, 1.54) is 11.8 Å². The van der Waals surface area contributed by atoms with Crippen molar-refractivity contribution in [3.63, 3.8) is 0 Å². The maximum atomic E-state index is 12.4. The lowest BCUT2D eigenvalue weighted by atomic mass is 10.2. The van der Waals surface area contributed by atoms with E-state index < -0.39 is 0 Å². The van der Waals surface area contributed by atoms with E-state index in [4.69, 9.17) is 9.15 Å². The van der Waals surface area contributed by atoms with Gasteiger partial charge in [-0.2, -0.15) is 0 Å². The Morgan fingerprint density at radius 2 is 1.93 bits per heavy atom. The van der Waals surface area contributed by atoms with Crippen LogP contribution in [0.3, 0.4) is 0 Å². The van der Waals surface area contributed by atoms with Crippen molar-refractivity contribution in [2.45, 2.75) is 18.7 Å². The first-order chi connectivity index (χ1) is 13.6. The Morgan fingerprint density at radius 3 is 2.64 bits per heavy atom. The van der Waals surface area contributed by atoms with Gasteiger partial charge >= 0.3 is 0 Å². The number of carbonyl (C=O) groups excluding carboxylic acids is 1. The fourth-order valence-electron chi connectivity index (χ4n) is 2.47. The van der Waals surface area contributed by atoms with Gasteiger partial charge in [0, 0.05) is 18.1 Å². The summed E-state index contributed by atoms with van der Waals surface area (Å²) in [4.78, 5) is 14.1. The van der Waals surface area contributed by atoms with Crippen molar-refractivity contribution >= 4 is 33.6 Å². The molecule has 0 aliphatic carbocycles. The van der Waals surface area contributed by atoms with Gasteiger partial charge in [-0.3, -0.25) is 4.79 Å². The second-order valence-electron chi connectivity index (χ2n) is 5.97. The monoisotopic (exact) mass is 461 g/mol. The number of aromatic nitrogens is 2. The topological polar surface area (TPSA) is 68.5 Å². The van der Waals surface area contributed by atoms with Gasteiger partial charge in [-0.05, 0) is 52.7 Å². The second kappa shape index (κ2) is 9.75. The summed E-state index contributed by atoms with van der Waals surface area (Å²) in [6.45, 7) is 3.11. The van der Waals surface area contributed by atoms with Crippen molar-refractivity contribution in [2.75, 3.05) is 19.4 Å². The van der Waals surface area contributed by atoms with Crippen LogP contribution in [0.5, 0.6) is 5.75 Å². The lowest BCUT2D eigenvalue weighted by Crippen LogP contribution is -2.27. The molecule has 1 aromatic heterocycles. The number of carbonyl (C=O) groups is 1. The molecule has 0 aliphatic rings. The number of rotatable bonds is 8. The minimum atomic E-state index is -0.0143. The van der Waals surface area contributed by atoms with Crippen molar-refractivity contribution in [3.05, 3.63) is 58.6 Å². The van der Waals surface area contributed by atoms with Crippen molar-refractivity contribution in [2.24, 2.45) is 0 Å². The van der Waals surface area contributed by atoms with E-state index in [0.29, 0.717) is 24.3 Å². The molecule has 0 unspecified atom stereocenters. The molecule has 0 saturated carbocycles. The van der Waals surface area contributed by atoms with Crippen LogP contribution in [0, 0.1) is 0 Å². The van der Waals surface area contributed by atoms with Gasteiger partial charge in [-0.1, -0.05) is 36.0 Å². The third-order valence-electron chi connectivity index (χ3n) is 3.91. The van der Waals surface area contributed by atoms with Gasteiger partial charge in [-0.25, -0.2) is 0 Å². The van der Waals surface area contributed by atoms with E-state index in [2.05, 4.69) is 26.1 Å². The van der Waals surface area contributed by atoms with Gasteiger partial charge in [0.1, 0.15) is 5.75 Å². The Labute approximate surface area is 176 Å². The molecule has 1 amide bonds. The van der Waals surface area contributed by atoms with E-state index in [-0.39, 0.29) is 11.7 Å². The molecule has 146 valence electrons. The smallest absolute Gasteiger partial charge is 0.277 e. The average Bonchev–Trinajstić information content (AvgIpc) is 3.17. The van der Waals surface area contributed by atoms with Crippen LogP contribution in [-0.4, -0.2) is 40.4 Å². The zero-order chi connectivity index (χ0) is 19.9. The van der Waals surface area contributed by atoms with E-state index in [1.54, 1.807) is 11.9 Å². The number of amides is 1. The molecule has 0 N–H and O–H groups in total. The minimum absolute atomic E-state index is 0.0143. The molecule has 6 nitrogen and oxygen atoms in total. The van der Waals surface area contributed by atoms with E-state index >= 15 is 0 Å². The third kappa shape index (κ3) is 5.36. The van der Waals surface area contributed by atoms with Gasteiger partial charge < -0.3 is 14.1 Å². The maximum Gasteiger partial charge on any atom is 0.277 e. The first-order valence-electron chi connectivity index (χ1n) is 8.73. The highest BCUT2D eigenvalue weighted by molar-refractivity contribution is 9.10. The molecule has 2 aromatic carbocycles. The first kappa shape index (κ1) is 20.4. The molecule has 0 radical (unpaired) electrons. The van der Waals surface area contributed by atoms with Crippen LogP contribution in [0.4, 0.5) is 0 Å². The van der Waals surface area contributed by atoms with Crippen LogP contribution in [0.2, 0.25) is 0 Å². The number of benzene rings is 2.